The van der Waals surface area contributed by atoms with Gasteiger partial charge < -0.3 is 19.2 Å². The Morgan fingerprint density at radius 2 is 1.93 bits per heavy atom. The van der Waals surface area contributed by atoms with E-state index in [1.807, 2.05) is 0 Å². The number of nitrogens with one attached hydrogen (secondary N) is 1. The Bertz CT molecular complexity index is 790. The molecule has 3 aliphatic heterocycles. The van der Waals surface area contributed by atoms with Gasteiger partial charge in [-0.1, -0.05) is 5.16 Å². The van der Waals surface area contributed by atoms with E-state index in [-0.39, 0.29) is 36.6 Å². The number of oxime groups is 1. The summed E-state index contributed by atoms with van der Waals surface area (Å²) in [7, 11) is 0. The molecule has 3 aliphatic rings. The highest BCUT2D eigenvalue weighted by Gasteiger charge is 2.47. The fourth-order valence-corrected chi connectivity index (χ4v) is 3.76. The summed E-state index contributed by atoms with van der Waals surface area (Å²) in [5.74, 6) is 3.64. The zero-order valence-electron chi connectivity index (χ0n) is 15.1. The van der Waals surface area contributed by atoms with E-state index in [0.29, 0.717) is 25.9 Å². The maximum absolute atomic E-state index is 11.8. The van der Waals surface area contributed by atoms with Crippen molar-refractivity contribution in [3.05, 3.63) is 34.4 Å². The van der Waals surface area contributed by atoms with Crippen molar-refractivity contribution >= 4 is 23.0 Å². The van der Waals surface area contributed by atoms with Crippen LogP contribution in [0.15, 0.2) is 29.4 Å². The van der Waals surface area contributed by atoms with Gasteiger partial charge in [-0.25, -0.2) is 5.84 Å². The maximum Gasteiger partial charge on any atom is 0.283 e. The highest BCUT2D eigenvalue weighted by Crippen LogP contribution is 2.35. The molecule has 0 aromatic heterocycles. The van der Waals surface area contributed by atoms with E-state index in [2.05, 4.69) is 15.5 Å². The lowest BCUT2D eigenvalue weighted by atomic mass is 9.98. The predicted molar refractivity (Wildman–Crippen MR) is 97.3 cm³/mol. The number of amides is 1. The van der Waals surface area contributed by atoms with Gasteiger partial charge in [0.05, 0.1) is 24.1 Å². The Balaban J connectivity index is 1.38. The molecule has 1 aromatic carbocycles. The van der Waals surface area contributed by atoms with Gasteiger partial charge in [0.1, 0.15) is 0 Å². The number of benzene rings is 1. The minimum atomic E-state index is -0.741. The number of nitrogens with zero attached hydrogens (tertiary/aromatic N) is 3. The Kier molecular flexibility index (Phi) is 4.87. The largest absolute Gasteiger partial charge is 0.389 e. The van der Waals surface area contributed by atoms with Crippen LogP contribution < -0.4 is 16.2 Å². The topological polar surface area (TPSA) is 142 Å². The number of ether oxygens (including phenoxy) is 2. The van der Waals surface area contributed by atoms with Gasteiger partial charge in [0.2, 0.25) is 0 Å². The highest BCUT2D eigenvalue weighted by molar-refractivity contribution is 6.39. The molecule has 11 heteroatoms. The number of rotatable bonds is 3. The zero-order chi connectivity index (χ0) is 19.7. The Morgan fingerprint density at radius 1 is 1.25 bits per heavy atom. The van der Waals surface area contributed by atoms with Crippen LogP contribution in [0.5, 0.6) is 0 Å². The third kappa shape index (κ3) is 3.39. The summed E-state index contributed by atoms with van der Waals surface area (Å²) in [6, 6.07) is 6.50. The maximum atomic E-state index is 11.8. The standard InChI is InChI=1S/C17H21N5O6/c18-19-16(23)15-13-9-26-17(27-10-14(13)28-20-15)5-7-21(8-6-17)11-1-3-12(4-2-11)22(24)25/h1-4,13-14H,5-10,18H2,(H,19,23)/t13-,14+/m1/s1. The first-order valence-corrected chi connectivity index (χ1v) is 9.03. The summed E-state index contributed by atoms with van der Waals surface area (Å²) < 4.78 is 12.1. The van der Waals surface area contributed by atoms with Gasteiger partial charge in [0.25, 0.3) is 11.6 Å². The van der Waals surface area contributed by atoms with E-state index in [9.17, 15) is 14.9 Å². The number of piperidine rings is 1. The molecule has 0 bridgehead atoms. The number of carbonyl (C=O) groups excluding carboxylic acids is 1. The van der Waals surface area contributed by atoms with Crippen molar-refractivity contribution in [1.82, 2.24) is 5.43 Å². The average molecular weight is 391 g/mol. The molecule has 2 atom stereocenters. The smallest absolute Gasteiger partial charge is 0.283 e. The van der Waals surface area contributed by atoms with Gasteiger partial charge in [0, 0.05) is 43.8 Å². The SMILES string of the molecule is NNC(=O)C1=NO[C@H]2COC3(CCN(c4ccc([N+](=O)[O-])cc4)CC3)OC[C@@H]12. The van der Waals surface area contributed by atoms with Gasteiger partial charge in [0.15, 0.2) is 17.6 Å². The molecule has 28 heavy (non-hydrogen) atoms. The highest BCUT2D eigenvalue weighted by atomic mass is 16.7. The zero-order valence-corrected chi connectivity index (χ0v) is 15.1. The summed E-state index contributed by atoms with van der Waals surface area (Å²) >= 11 is 0. The van der Waals surface area contributed by atoms with Crippen LogP contribution in [0.1, 0.15) is 12.8 Å². The number of nitrogens with two attached hydrogens (primary N) is 1. The average Bonchev–Trinajstić information content (AvgIpc) is 3.06. The normalized spacial score (nSPS) is 26.0. The van der Waals surface area contributed by atoms with E-state index in [1.165, 1.54) is 12.1 Å². The number of hydrogen-bond acceptors (Lipinski definition) is 9. The first-order valence-electron chi connectivity index (χ1n) is 9.03. The van der Waals surface area contributed by atoms with Crippen molar-refractivity contribution < 1.29 is 24.0 Å². The lowest BCUT2D eigenvalue weighted by Crippen LogP contribution is -2.48. The van der Waals surface area contributed by atoms with Crippen molar-refractivity contribution in [3.8, 4) is 0 Å². The number of non-ortho nitro benzene ring substituents is 1. The molecule has 0 saturated carbocycles. The van der Waals surface area contributed by atoms with Gasteiger partial charge in [-0.05, 0) is 12.1 Å². The second-order valence-corrected chi connectivity index (χ2v) is 6.99. The third-order valence-corrected chi connectivity index (χ3v) is 5.44. The molecule has 3 heterocycles. The van der Waals surface area contributed by atoms with Crippen LogP contribution >= 0.6 is 0 Å². The molecule has 0 radical (unpaired) electrons. The number of anilines is 1. The van der Waals surface area contributed by atoms with Crippen molar-refractivity contribution in [3.63, 3.8) is 0 Å². The van der Waals surface area contributed by atoms with Crippen LogP contribution in [0.3, 0.4) is 0 Å². The summed E-state index contributed by atoms with van der Waals surface area (Å²) in [6.45, 7) is 1.89. The summed E-state index contributed by atoms with van der Waals surface area (Å²) in [5.41, 5.74) is 3.28. The summed E-state index contributed by atoms with van der Waals surface area (Å²) in [4.78, 5) is 29.7. The first kappa shape index (κ1) is 18.6. The van der Waals surface area contributed by atoms with Crippen LogP contribution in [0.2, 0.25) is 0 Å². The third-order valence-electron chi connectivity index (χ3n) is 5.44. The van der Waals surface area contributed by atoms with Gasteiger partial charge in [-0.15, -0.1) is 0 Å². The molecule has 1 amide bonds. The van der Waals surface area contributed by atoms with Gasteiger partial charge >= 0.3 is 0 Å². The minimum Gasteiger partial charge on any atom is -0.389 e. The number of nitro benzene ring substituents is 1. The number of hydrogen-bond donors (Lipinski definition) is 2. The molecule has 11 nitrogen and oxygen atoms in total. The van der Waals surface area contributed by atoms with E-state index >= 15 is 0 Å². The molecule has 3 N–H and O–H groups in total. The second-order valence-electron chi connectivity index (χ2n) is 6.99. The van der Waals surface area contributed by atoms with E-state index in [1.54, 1.807) is 12.1 Å². The van der Waals surface area contributed by atoms with Crippen molar-refractivity contribution in [1.29, 1.82) is 0 Å². The molecule has 0 aliphatic carbocycles. The molecule has 1 aromatic rings. The second kappa shape index (κ2) is 7.34. The van der Waals surface area contributed by atoms with Gasteiger partial charge in [-0.3, -0.25) is 20.3 Å². The van der Waals surface area contributed by atoms with E-state index < -0.39 is 16.6 Å². The first-order chi connectivity index (χ1) is 13.5. The van der Waals surface area contributed by atoms with Crippen LogP contribution in [0, 0.1) is 16.0 Å². The van der Waals surface area contributed by atoms with Crippen LogP contribution in [0.25, 0.3) is 0 Å². The summed E-state index contributed by atoms with van der Waals surface area (Å²) in [5, 5.41) is 14.6. The Labute approximate surface area is 160 Å². The molecule has 150 valence electrons. The number of fused-ring (bicyclic) bond motifs is 1. The number of nitro groups is 1. The predicted octanol–water partition coefficient (Wildman–Crippen LogP) is 0.299. The Hall–Kier alpha value is -2.76. The van der Waals surface area contributed by atoms with Crippen molar-refractivity contribution in [2.75, 3.05) is 31.2 Å². The van der Waals surface area contributed by atoms with Gasteiger partial charge in [-0.2, -0.15) is 0 Å². The molecule has 0 unspecified atom stereocenters. The fourth-order valence-electron chi connectivity index (χ4n) is 3.76. The quantitative estimate of drug-likeness (QED) is 0.324. The monoisotopic (exact) mass is 391 g/mol. The molecular weight excluding hydrogens is 370 g/mol. The molecule has 4 rings (SSSR count). The summed E-state index contributed by atoms with van der Waals surface area (Å²) in [6.07, 6.45) is 0.872. The fraction of sp³-hybridized carbons (Fsp3) is 0.529. The Morgan fingerprint density at radius 3 is 2.57 bits per heavy atom. The number of hydrazine groups is 1. The van der Waals surface area contributed by atoms with Crippen molar-refractivity contribution in [2.45, 2.75) is 24.7 Å². The molecule has 1 spiro atoms. The van der Waals surface area contributed by atoms with Crippen LogP contribution in [-0.4, -0.2) is 54.7 Å². The van der Waals surface area contributed by atoms with E-state index in [0.717, 1.165) is 5.69 Å². The molecule has 2 fully saturated rings. The van der Waals surface area contributed by atoms with E-state index in [4.69, 9.17) is 20.2 Å². The van der Waals surface area contributed by atoms with Crippen LogP contribution in [0.4, 0.5) is 11.4 Å². The van der Waals surface area contributed by atoms with Crippen molar-refractivity contribution in [2.24, 2.45) is 16.9 Å². The van der Waals surface area contributed by atoms with Crippen LogP contribution in [-0.2, 0) is 19.1 Å². The lowest BCUT2D eigenvalue weighted by Gasteiger charge is -2.41. The lowest BCUT2D eigenvalue weighted by molar-refractivity contribution is -0.384. The minimum absolute atomic E-state index is 0.0678. The number of carbonyl (C=O) groups is 1. The molecular formula is C17H21N5O6. The molecule has 2 saturated heterocycles.